The third kappa shape index (κ3) is 2.95. The molecule has 0 saturated carbocycles. The van der Waals surface area contributed by atoms with Gasteiger partial charge >= 0.3 is 5.97 Å². The highest BCUT2D eigenvalue weighted by molar-refractivity contribution is 7.17. The van der Waals surface area contributed by atoms with Crippen LogP contribution in [0.3, 0.4) is 0 Å². The van der Waals surface area contributed by atoms with Crippen LogP contribution in [0.5, 0.6) is 0 Å². The Balaban J connectivity index is 2.75. The molecule has 1 rings (SSSR count). The monoisotopic (exact) mass is 242 g/mol. The molecule has 0 saturated heterocycles. The van der Waals surface area contributed by atoms with E-state index in [1.54, 1.807) is 6.92 Å². The molecule has 16 heavy (non-hydrogen) atoms. The Hall–Kier alpha value is -1.10. The van der Waals surface area contributed by atoms with Gasteiger partial charge in [0.25, 0.3) is 0 Å². The molecule has 0 radical (unpaired) electrons. The predicted octanol–water partition coefficient (Wildman–Crippen LogP) is 3.00. The van der Waals surface area contributed by atoms with Crippen LogP contribution in [0, 0.1) is 12.8 Å². The molecule has 1 aromatic heterocycles. The summed E-state index contributed by atoms with van der Waals surface area (Å²) in [6.45, 7) is 8.11. The number of thiazole rings is 1. The van der Waals surface area contributed by atoms with Crippen LogP contribution in [0.15, 0.2) is 0 Å². The number of nitrogens with one attached hydrogen (secondary N) is 1. The summed E-state index contributed by atoms with van der Waals surface area (Å²) in [6.07, 6.45) is 1.09. The first kappa shape index (κ1) is 13.0. The second-order valence-electron chi connectivity index (χ2n) is 4.06. The van der Waals surface area contributed by atoms with Gasteiger partial charge in [-0.05, 0) is 19.8 Å². The average Bonchev–Trinajstić information content (AvgIpc) is 2.58. The Labute approximate surface area is 99.7 Å². The van der Waals surface area contributed by atoms with E-state index in [4.69, 9.17) is 5.11 Å². The van der Waals surface area contributed by atoms with Crippen molar-refractivity contribution in [3.8, 4) is 0 Å². The summed E-state index contributed by atoms with van der Waals surface area (Å²) in [5.74, 6) is -0.364. The fourth-order valence-electron chi connectivity index (χ4n) is 1.35. The minimum atomic E-state index is -0.903. The molecular weight excluding hydrogens is 224 g/mol. The first-order valence-corrected chi connectivity index (χ1v) is 6.24. The van der Waals surface area contributed by atoms with Crippen LogP contribution in [0.1, 0.15) is 42.6 Å². The summed E-state index contributed by atoms with van der Waals surface area (Å²) in [6, 6.07) is 0.303. The van der Waals surface area contributed by atoms with Crippen LogP contribution in [0.25, 0.3) is 0 Å². The van der Waals surface area contributed by atoms with Crippen LogP contribution in [-0.4, -0.2) is 22.1 Å². The lowest BCUT2D eigenvalue weighted by Gasteiger charge is -2.18. The summed E-state index contributed by atoms with van der Waals surface area (Å²) in [4.78, 5) is 15.4. The zero-order chi connectivity index (χ0) is 12.3. The molecule has 0 aliphatic heterocycles. The van der Waals surface area contributed by atoms with Gasteiger partial charge in [-0.15, -0.1) is 0 Å². The molecule has 0 aliphatic carbocycles. The van der Waals surface area contributed by atoms with E-state index < -0.39 is 5.97 Å². The van der Waals surface area contributed by atoms with Crippen molar-refractivity contribution in [1.82, 2.24) is 4.98 Å². The van der Waals surface area contributed by atoms with Crippen molar-refractivity contribution < 1.29 is 9.90 Å². The molecule has 0 aromatic carbocycles. The average molecular weight is 242 g/mol. The fraction of sp³-hybridized carbons (Fsp3) is 0.636. The molecule has 2 atom stereocenters. The number of aryl methyl sites for hydroxylation is 1. The number of aromatic carboxylic acids is 1. The molecule has 1 heterocycles. The first-order valence-electron chi connectivity index (χ1n) is 5.43. The van der Waals surface area contributed by atoms with E-state index in [1.165, 1.54) is 11.3 Å². The number of hydrogen-bond acceptors (Lipinski definition) is 4. The zero-order valence-electron chi connectivity index (χ0n) is 10.1. The number of nitrogens with zero attached hydrogens (tertiary/aromatic N) is 1. The normalized spacial score (nSPS) is 14.5. The van der Waals surface area contributed by atoms with Crippen molar-refractivity contribution in [3.05, 3.63) is 10.6 Å². The van der Waals surface area contributed by atoms with Crippen LogP contribution in [0.4, 0.5) is 5.13 Å². The first-order chi connectivity index (χ1) is 7.45. The number of anilines is 1. The van der Waals surface area contributed by atoms with E-state index >= 15 is 0 Å². The Morgan fingerprint density at radius 1 is 1.56 bits per heavy atom. The van der Waals surface area contributed by atoms with Gasteiger partial charge < -0.3 is 10.4 Å². The van der Waals surface area contributed by atoms with Crippen molar-refractivity contribution in [3.63, 3.8) is 0 Å². The highest BCUT2D eigenvalue weighted by atomic mass is 32.1. The maximum Gasteiger partial charge on any atom is 0.347 e. The van der Waals surface area contributed by atoms with Crippen molar-refractivity contribution >= 4 is 22.4 Å². The summed E-state index contributed by atoms with van der Waals surface area (Å²) < 4.78 is 0. The lowest BCUT2D eigenvalue weighted by Crippen LogP contribution is -2.22. The topological polar surface area (TPSA) is 62.2 Å². The van der Waals surface area contributed by atoms with E-state index in [2.05, 4.69) is 31.1 Å². The number of hydrogen-bond donors (Lipinski definition) is 2. The summed E-state index contributed by atoms with van der Waals surface area (Å²) in [7, 11) is 0. The Bertz CT molecular complexity index is 376. The number of rotatable bonds is 5. The molecule has 0 bridgehead atoms. The zero-order valence-corrected chi connectivity index (χ0v) is 10.9. The van der Waals surface area contributed by atoms with Gasteiger partial charge in [0.05, 0.1) is 5.69 Å². The second-order valence-corrected chi connectivity index (χ2v) is 5.06. The Morgan fingerprint density at radius 2 is 2.19 bits per heavy atom. The molecule has 2 unspecified atom stereocenters. The van der Waals surface area contributed by atoms with Crippen LogP contribution < -0.4 is 5.32 Å². The van der Waals surface area contributed by atoms with E-state index in [1.807, 2.05) is 0 Å². The molecule has 0 aliphatic rings. The van der Waals surface area contributed by atoms with Gasteiger partial charge in [-0.2, -0.15) is 0 Å². The van der Waals surface area contributed by atoms with E-state index in [0.717, 1.165) is 6.42 Å². The lowest BCUT2D eigenvalue weighted by molar-refractivity contribution is 0.0701. The Kier molecular flexibility index (Phi) is 4.29. The fourth-order valence-corrected chi connectivity index (χ4v) is 2.25. The maximum atomic E-state index is 10.9. The number of aromatic nitrogens is 1. The summed E-state index contributed by atoms with van der Waals surface area (Å²) >= 11 is 1.20. The van der Waals surface area contributed by atoms with Gasteiger partial charge in [0, 0.05) is 6.04 Å². The second kappa shape index (κ2) is 5.30. The largest absolute Gasteiger partial charge is 0.477 e. The van der Waals surface area contributed by atoms with Gasteiger partial charge in [-0.1, -0.05) is 31.6 Å². The number of carbonyl (C=O) groups is 1. The van der Waals surface area contributed by atoms with Gasteiger partial charge in [0.1, 0.15) is 4.88 Å². The third-order valence-electron chi connectivity index (χ3n) is 2.84. The van der Waals surface area contributed by atoms with E-state index in [9.17, 15) is 4.79 Å². The lowest BCUT2D eigenvalue weighted by atomic mass is 10.0. The van der Waals surface area contributed by atoms with E-state index in [-0.39, 0.29) is 0 Å². The van der Waals surface area contributed by atoms with Crippen molar-refractivity contribution in [2.45, 2.75) is 40.2 Å². The molecule has 0 amide bonds. The van der Waals surface area contributed by atoms with Gasteiger partial charge in [-0.3, -0.25) is 0 Å². The molecular formula is C11H18N2O2S. The molecule has 90 valence electrons. The molecule has 0 fully saturated rings. The van der Waals surface area contributed by atoms with Gasteiger partial charge in [0.15, 0.2) is 5.13 Å². The summed E-state index contributed by atoms with van der Waals surface area (Å²) in [5.41, 5.74) is 0.580. The maximum absolute atomic E-state index is 10.9. The smallest absolute Gasteiger partial charge is 0.347 e. The van der Waals surface area contributed by atoms with Gasteiger partial charge in [-0.25, -0.2) is 9.78 Å². The quantitative estimate of drug-likeness (QED) is 0.833. The SMILES string of the molecule is CCC(C)C(C)Nc1nc(C)c(C(=O)O)s1. The molecule has 5 heteroatoms. The van der Waals surface area contributed by atoms with Crippen molar-refractivity contribution in [2.24, 2.45) is 5.92 Å². The number of carboxylic acids is 1. The molecule has 0 spiro atoms. The molecule has 4 nitrogen and oxygen atoms in total. The highest BCUT2D eigenvalue weighted by Gasteiger charge is 2.16. The Morgan fingerprint density at radius 3 is 2.62 bits per heavy atom. The van der Waals surface area contributed by atoms with Crippen LogP contribution >= 0.6 is 11.3 Å². The third-order valence-corrected chi connectivity index (χ3v) is 3.92. The number of carboxylic acid groups (broad SMARTS) is 1. The summed E-state index contributed by atoms with van der Waals surface area (Å²) in [5, 5.41) is 12.9. The van der Waals surface area contributed by atoms with Gasteiger partial charge in [0.2, 0.25) is 0 Å². The van der Waals surface area contributed by atoms with Crippen molar-refractivity contribution in [1.29, 1.82) is 0 Å². The van der Waals surface area contributed by atoms with Crippen LogP contribution in [-0.2, 0) is 0 Å². The minimum absolute atomic E-state index is 0.303. The predicted molar refractivity (Wildman–Crippen MR) is 66.4 cm³/mol. The molecule has 1 aromatic rings. The van der Waals surface area contributed by atoms with Crippen molar-refractivity contribution in [2.75, 3.05) is 5.32 Å². The highest BCUT2D eigenvalue weighted by Crippen LogP contribution is 2.24. The molecule has 2 N–H and O–H groups in total. The van der Waals surface area contributed by atoms with Crippen LogP contribution in [0.2, 0.25) is 0 Å². The van der Waals surface area contributed by atoms with E-state index in [0.29, 0.717) is 27.7 Å². The minimum Gasteiger partial charge on any atom is -0.477 e. The standard InChI is InChI=1S/C11H18N2O2S/c1-5-6(2)7(3)12-11-13-8(4)9(16-11)10(14)15/h6-7H,5H2,1-4H3,(H,12,13)(H,14,15).